The van der Waals surface area contributed by atoms with Crippen LogP contribution in [-0.2, 0) is 16.6 Å². The lowest BCUT2D eigenvalue weighted by Crippen LogP contribution is -2.30. The number of sulfonamides is 1. The molecule has 1 aliphatic rings. The van der Waals surface area contributed by atoms with Crippen molar-refractivity contribution in [2.45, 2.75) is 13.5 Å². The molecular formula is C24H20ClNO3S. The number of carbonyl (C=O) groups is 1. The van der Waals surface area contributed by atoms with E-state index < -0.39 is 10.0 Å². The van der Waals surface area contributed by atoms with Crippen LogP contribution in [0.5, 0.6) is 0 Å². The highest BCUT2D eigenvalue weighted by Gasteiger charge is 2.23. The quantitative estimate of drug-likeness (QED) is 0.497. The first kappa shape index (κ1) is 20.4. The number of hydrogen-bond donors (Lipinski definition) is 0. The zero-order valence-corrected chi connectivity index (χ0v) is 18.2. The van der Waals surface area contributed by atoms with Crippen LogP contribution >= 0.6 is 11.6 Å². The normalized spacial score (nSPS) is 13.2. The molecule has 4 rings (SSSR count). The van der Waals surface area contributed by atoms with Crippen LogP contribution in [0.1, 0.15) is 34.0 Å². The summed E-state index contributed by atoms with van der Waals surface area (Å²) in [5, 5.41) is 0.545. The third kappa shape index (κ3) is 3.91. The highest BCUT2D eigenvalue weighted by atomic mass is 35.5. The number of rotatable bonds is 3. The minimum atomic E-state index is -3.53. The molecule has 30 heavy (non-hydrogen) atoms. The Hall–Kier alpha value is -2.89. The van der Waals surface area contributed by atoms with Crippen molar-refractivity contribution in [1.82, 2.24) is 0 Å². The van der Waals surface area contributed by atoms with Crippen molar-refractivity contribution in [3.05, 3.63) is 87.9 Å². The number of ketones is 1. The molecule has 0 radical (unpaired) electrons. The number of carbonyl (C=O) groups excluding carboxylic acids is 1. The van der Waals surface area contributed by atoms with E-state index in [0.29, 0.717) is 16.3 Å². The fourth-order valence-electron chi connectivity index (χ4n) is 3.72. The molecule has 0 bridgehead atoms. The van der Waals surface area contributed by atoms with Crippen molar-refractivity contribution in [2.24, 2.45) is 0 Å². The Balaban J connectivity index is 1.89. The third-order valence-electron chi connectivity index (χ3n) is 5.18. The number of nitrogens with zero attached hydrogens (tertiary/aromatic N) is 1. The molecule has 1 aliphatic heterocycles. The number of hydrogen-bond acceptors (Lipinski definition) is 3. The first-order valence-electron chi connectivity index (χ1n) is 9.42. The molecule has 0 saturated carbocycles. The first-order chi connectivity index (χ1) is 14.2. The second kappa shape index (κ2) is 7.74. The molecule has 0 spiro atoms. The van der Waals surface area contributed by atoms with Gasteiger partial charge in [0.25, 0.3) is 0 Å². The van der Waals surface area contributed by atoms with E-state index in [4.69, 9.17) is 11.6 Å². The molecule has 0 aromatic heterocycles. The predicted octanol–water partition coefficient (Wildman–Crippen LogP) is 5.66. The molecule has 0 atom stereocenters. The number of fused-ring (bicyclic) bond motifs is 2. The van der Waals surface area contributed by atoms with Gasteiger partial charge < -0.3 is 0 Å². The summed E-state index contributed by atoms with van der Waals surface area (Å²) in [5.74, 6) is -0.0131. The Bertz CT molecular complexity index is 1300. The van der Waals surface area contributed by atoms with Crippen LogP contribution in [0.4, 0.5) is 5.69 Å². The van der Waals surface area contributed by atoms with Crippen molar-refractivity contribution >= 4 is 45.2 Å². The summed E-state index contributed by atoms with van der Waals surface area (Å²) in [4.78, 5) is 12.1. The SMILES string of the molecule is CC(=O)c1ccccc1-c1ccc2c(c1)CN(S(C)(=O)=O)c1ccc(Cl)cc1C=C2. The van der Waals surface area contributed by atoms with E-state index in [9.17, 15) is 13.2 Å². The van der Waals surface area contributed by atoms with Gasteiger partial charge >= 0.3 is 0 Å². The van der Waals surface area contributed by atoms with Crippen LogP contribution in [0.15, 0.2) is 60.7 Å². The monoisotopic (exact) mass is 437 g/mol. The van der Waals surface area contributed by atoms with E-state index in [2.05, 4.69) is 0 Å². The van der Waals surface area contributed by atoms with Gasteiger partial charge in [-0.05, 0) is 53.4 Å². The van der Waals surface area contributed by atoms with E-state index in [1.54, 1.807) is 31.2 Å². The van der Waals surface area contributed by atoms with Gasteiger partial charge in [-0.15, -0.1) is 0 Å². The number of halogens is 1. The van der Waals surface area contributed by atoms with Gasteiger partial charge in [0.05, 0.1) is 18.5 Å². The molecule has 6 heteroatoms. The molecule has 3 aromatic carbocycles. The molecule has 3 aromatic rings. The highest BCUT2D eigenvalue weighted by Crippen LogP contribution is 2.34. The Morgan fingerprint density at radius 1 is 0.967 bits per heavy atom. The van der Waals surface area contributed by atoms with Crippen molar-refractivity contribution in [1.29, 1.82) is 0 Å². The smallest absolute Gasteiger partial charge is 0.232 e. The Morgan fingerprint density at radius 2 is 1.70 bits per heavy atom. The van der Waals surface area contributed by atoms with Gasteiger partial charge in [0, 0.05) is 16.1 Å². The van der Waals surface area contributed by atoms with Gasteiger partial charge in [-0.25, -0.2) is 8.42 Å². The van der Waals surface area contributed by atoms with E-state index >= 15 is 0 Å². The summed E-state index contributed by atoms with van der Waals surface area (Å²) in [6, 6.07) is 18.5. The fraction of sp³-hybridized carbons (Fsp3) is 0.125. The number of Topliss-reactive ketones (excluding diaryl/α,β-unsaturated/α-hetero) is 1. The maximum atomic E-state index is 12.6. The van der Waals surface area contributed by atoms with E-state index in [1.165, 1.54) is 10.6 Å². The third-order valence-corrected chi connectivity index (χ3v) is 6.54. The van der Waals surface area contributed by atoms with Gasteiger partial charge in [0.2, 0.25) is 10.0 Å². The Morgan fingerprint density at radius 3 is 2.43 bits per heavy atom. The molecule has 0 amide bonds. The molecule has 0 fully saturated rings. The van der Waals surface area contributed by atoms with Crippen molar-refractivity contribution in [2.75, 3.05) is 10.6 Å². The summed E-state index contributed by atoms with van der Waals surface area (Å²) < 4.78 is 26.7. The summed E-state index contributed by atoms with van der Waals surface area (Å²) in [6.45, 7) is 1.73. The minimum Gasteiger partial charge on any atom is -0.294 e. The Kier molecular flexibility index (Phi) is 5.26. The maximum Gasteiger partial charge on any atom is 0.232 e. The molecule has 0 saturated heterocycles. The topological polar surface area (TPSA) is 54.5 Å². The number of benzene rings is 3. The minimum absolute atomic E-state index is 0.0131. The van der Waals surface area contributed by atoms with Crippen LogP contribution in [0, 0.1) is 0 Å². The highest BCUT2D eigenvalue weighted by molar-refractivity contribution is 7.92. The lowest BCUT2D eigenvalue weighted by atomic mass is 9.93. The van der Waals surface area contributed by atoms with E-state index in [-0.39, 0.29) is 12.3 Å². The largest absolute Gasteiger partial charge is 0.294 e. The van der Waals surface area contributed by atoms with E-state index in [0.717, 1.165) is 27.8 Å². The van der Waals surface area contributed by atoms with Crippen LogP contribution in [0.25, 0.3) is 23.3 Å². The second-order valence-corrected chi connectivity index (χ2v) is 9.66. The fourth-order valence-corrected chi connectivity index (χ4v) is 4.79. The van der Waals surface area contributed by atoms with Gasteiger partial charge in [-0.2, -0.15) is 0 Å². The van der Waals surface area contributed by atoms with Crippen LogP contribution in [-0.4, -0.2) is 20.5 Å². The number of anilines is 1. The molecule has 1 heterocycles. The second-order valence-electron chi connectivity index (χ2n) is 7.32. The lowest BCUT2D eigenvalue weighted by Gasteiger charge is -2.27. The van der Waals surface area contributed by atoms with Crippen LogP contribution in [0.3, 0.4) is 0 Å². The Labute approximate surface area is 181 Å². The molecule has 0 unspecified atom stereocenters. The average Bonchev–Trinajstić information content (AvgIpc) is 2.69. The summed E-state index contributed by atoms with van der Waals surface area (Å²) in [5.41, 5.74) is 5.43. The van der Waals surface area contributed by atoms with Gasteiger partial charge in [0.1, 0.15) is 0 Å². The standard InChI is InChI=1S/C24H20ClNO3S/c1-16(27)22-5-3-4-6-23(22)18-9-7-17-8-10-19-14-21(25)11-12-24(19)26(30(2,28)29)15-20(17)13-18/h3-14H,15H2,1-2H3. The molecular weight excluding hydrogens is 418 g/mol. The average molecular weight is 438 g/mol. The molecule has 0 aliphatic carbocycles. The first-order valence-corrected chi connectivity index (χ1v) is 11.7. The molecule has 0 N–H and O–H groups in total. The maximum absolute atomic E-state index is 12.6. The van der Waals surface area contributed by atoms with Gasteiger partial charge in [-0.1, -0.05) is 60.2 Å². The summed E-state index contributed by atoms with van der Waals surface area (Å²) in [6.07, 6.45) is 5.04. The lowest BCUT2D eigenvalue weighted by molar-refractivity contribution is 0.101. The summed E-state index contributed by atoms with van der Waals surface area (Å²) in [7, 11) is -3.53. The van der Waals surface area contributed by atoms with Crippen LogP contribution in [0.2, 0.25) is 5.02 Å². The van der Waals surface area contributed by atoms with Gasteiger partial charge in [-0.3, -0.25) is 9.10 Å². The van der Waals surface area contributed by atoms with Crippen molar-refractivity contribution in [3.8, 4) is 11.1 Å². The molecule has 4 nitrogen and oxygen atoms in total. The zero-order valence-electron chi connectivity index (χ0n) is 16.6. The van der Waals surface area contributed by atoms with Crippen molar-refractivity contribution in [3.63, 3.8) is 0 Å². The molecule has 152 valence electrons. The van der Waals surface area contributed by atoms with Crippen molar-refractivity contribution < 1.29 is 13.2 Å². The van der Waals surface area contributed by atoms with Gasteiger partial charge in [0.15, 0.2) is 5.78 Å². The van der Waals surface area contributed by atoms with Crippen LogP contribution < -0.4 is 4.31 Å². The predicted molar refractivity (Wildman–Crippen MR) is 123 cm³/mol. The van der Waals surface area contributed by atoms with E-state index in [1.807, 2.05) is 48.6 Å². The zero-order chi connectivity index (χ0) is 21.5. The summed E-state index contributed by atoms with van der Waals surface area (Å²) >= 11 is 6.13.